The third kappa shape index (κ3) is 2.55. The van der Waals surface area contributed by atoms with Crippen molar-refractivity contribution in [3.05, 3.63) is 0 Å². The Morgan fingerprint density at radius 2 is 1.45 bits per heavy atom. The van der Waals surface area contributed by atoms with E-state index >= 15 is 0 Å². The monoisotopic (exact) mass is 176 g/mol. The van der Waals surface area contributed by atoms with E-state index in [1.54, 1.807) is 0 Å². The second-order valence-electron chi connectivity index (χ2n) is 3.16. The van der Waals surface area contributed by atoms with E-state index < -0.39 is 0 Å². The lowest BCUT2D eigenvalue weighted by molar-refractivity contribution is -0.144. The van der Waals surface area contributed by atoms with Gasteiger partial charge in [-0.25, -0.2) is 0 Å². The van der Waals surface area contributed by atoms with Gasteiger partial charge < -0.3 is 4.43 Å². The second-order valence-corrected chi connectivity index (χ2v) is 4.02. The Morgan fingerprint density at radius 1 is 1.09 bits per heavy atom. The van der Waals surface area contributed by atoms with E-state index in [1.807, 2.05) is 28.2 Å². The first-order chi connectivity index (χ1) is 4.95. The molecule has 0 aromatic rings. The summed E-state index contributed by atoms with van der Waals surface area (Å²) in [6, 6.07) is 0. The molecule has 0 N–H and O–H groups in total. The summed E-state index contributed by atoms with van der Waals surface area (Å²) in [6.45, 7) is 4.23. The van der Waals surface area contributed by atoms with Gasteiger partial charge in [0.25, 0.3) is 0 Å². The summed E-state index contributed by atoms with van der Waals surface area (Å²) in [7, 11) is 7.77. The highest BCUT2D eigenvalue weighted by Crippen LogP contribution is 2.14. The van der Waals surface area contributed by atoms with Crippen molar-refractivity contribution in [3.63, 3.8) is 0 Å². The molecule has 0 saturated carbocycles. The van der Waals surface area contributed by atoms with Crippen molar-refractivity contribution in [2.75, 3.05) is 28.2 Å². The third-order valence-corrected chi connectivity index (χ3v) is 2.91. The van der Waals surface area contributed by atoms with Crippen LogP contribution in [0.2, 0.25) is 6.55 Å². The molecule has 3 nitrogen and oxygen atoms in total. The molecule has 0 aromatic carbocycles. The molecule has 0 atom stereocenters. The summed E-state index contributed by atoms with van der Waals surface area (Å²) < 4.78 is 5.74. The van der Waals surface area contributed by atoms with Gasteiger partial charge in [-0.1, -0.05) is 6.55 Å². The van der Waals surface area contributed by atoms with Crippen LogP contribution in [0, 0.1) is 0 Å². The summed E-state index contributed by atoms with van der Waals surface area (Å²) in [5.41, 5.74) is 0. The van der Waals surface area contributed by atoms with Crippen LogP contribution in [-0.4, -0.2) is 53.6 Å². The average molecular weight is 176 g/mol. The van der Waals surface area contributed by atoms with E-state index in [1.165, 1.54) is 0 Å². The molecule has 0 aliphatic carbocycles. The van der Waals surface area contributed by atoms with Crippen LogP contribution in [0.3, 0.4) is 0 Å². The fourth-order valence-corrected chi connectivity index (χ4v) is 1.99. The fraction of sp³-hybridized carbons (Fsp3) is 1.00. The van der Waals surface area contributed by atoms with E-state index in [0.29, 0.717) is 0 Å². The topological polar surface area (TPSA) is 15.7 Å². The molecule has 0 saturated heterocycles. The molecule has 0 fully saturated rings. The predicted molar refractivity (Wildman–Crippen MR) is 51.3 cm³/mol. The highest BCUT2D eigenvalue weighted by Gasteiger charge is 2.28. The molecule has 68 valence electrons. The van der Waals surface area contributed by atoms with Crippen LogP contribution < -0.4 is 0 Å². The van der Waals surface area contributed by atoms with Gasteiger partial charge in [0.15, 0.2) is 15.6 Å². The predicted octanol–water partition coefficient (Wildman–Crippen LogP) is -0.0682. The largest absolute Gasteiger partial charge is 0.395 e. The molecule has 0 aliphatic heterocycles. The second kappa shape index (κ2) is 4.20. The maximum atomic E-state index is 5.74. The van der Waals surface area contributed by atoms with Crippen LogP contribution in [0.1, 0.15) is 6.92 Å². The molecule has 0 bridgehead atoms. The van der Waals surface area contributed by atoms with Crippen molar-refractivity contribution >= 4 is 9.76 Å². The summed E-state index contributed by atoms with van der Waals surface area (Å²) in [4.78, 5) is 4.17. The smallest absolute Gasteiger partial charge is 0.165 e. The quantitative estimate of drug-likeness (QED) is 0.441. The zero-order chi connectivity index (χ0) is 9.07. The lowest BCUT2D eigenvalue weighted by Gasteiger charge is -2.41. The molecule has 0 unspecified atom stereocenters. The van der Waals surface area contributed by atoms with Crippen LogP contribution in [0.4, 0.5) is 0 Å². The highest BCUT2D eigenvalue weighted by molar-refractivity contribution is 6.24. The van der Waals surface area contributed by atoms with Gasteiger partial charge in [-0.05, 0) is 35.1 Å². The van der Waals surface area contributed by atoms with Crippen LogP contribution >= 0.6 is 0 Å². The van der Waals surface area contributed by atoms with Crippen molar-refractivity contribution in [2.45, 2.75) is 19.3 Å². The van der Waals surface area contributed by atoms with Gasteiger partial charge in [-0.2, -0.15) is 0 Å². The Hall–Kier alpha value is 0.0969. The van der Waals surface area contributed by atoms with E-state index in [0.717, 1.165) is 0 Å². The number of nitrogens with zero attached hydrogens (tertiary/aromatic N) is 2. The highest BCUT2D eigenvalue weighted by atomic mass is 28.2. The van der Waals surface area contributed by atoms with Crippen LogP contribution in [0.5, 0.6) is 0 Å². The third-order valence-electron chi connectivity index (χ3n) is 2.08. The minimum atomic E-state index is -0.359. The maximum Gasteiger partial charge on any atom is 0.165 e. The molecule has 0 rings (SSSR count). The number of hydrogen-bond donors (Lipinski definition) is 0. The fourth-order valence-electron chi connectivity index (χ4n) is 0.932. The zero-order valence-electron chi connectivity index (χ0n) is 8.51. The average Bonchev–Trinajstić information content (AvgIpc) is 1.87. The van der Waals surface area contributed by atoms with Gasteiger partial charge in [0.2, 0.25) is 0 Å². The van der Waals surface area contributed by atoms with E-state index in [9.17, 15) is 0 Å². The first-order valence-corrected chi connectivity index (χ1v) is 5.93. The van der Waals surface area contributed by atoms with Crippen molar-refractivity contribution in [1.29, 1.82) is 0 Å². The molecule has 0 amide bonds. The van der Waals surface area contributed by atoms with Crippen LogP contribution in [0.25, 0.3) is 0 Å². The Labute approximate surface area is 72.3 Å². The minimum Gasteiger partial charge on any atom is -0.395 e. The standard InChI is InChI=1S/C7H20N2OSi/c1-7(8(2)3,9(4)5)10-11-6/h11H2,1-6H3. The first kappa shape index (κ1) is 11.1. The molecule has 0 aliphatic rings. The van der Waals surface area contributed by atoms with E-state index in [-0.39, 0.29) is 15.6 Å². The molecular formula is C7H20N2OSi. The van der Waals surface area contributed by atoms with Crippen LogP contribution in [-0.2, 0) is 4.43 Å². The van der Waals surface area contributed by atoms with Gasteiger partial charge in [-0.15, -0.1) is 0 Å². The molecule has 0 aromatic heterocycles. The molecule has 0 radical (unpaired) electrons. The maximum absolute atomic E-state index is 5.74. The normalized spacial score (nSPS) is 14.2. The first-order valence-electron chi connectivity index (χ1n) is 3.94. The van der Waals surface area contributed by atoms with Crippen molar-refractivity contribution in [1.82, 2.24) is 9.80 Å². The summed E-state index contributed by atoms with van der Waals surface area (Å²) in [6.07, 6.45) is 0. The number of hydrogen-bond acceptors (Lipinski definition) is 3. The van der Waals surface area contributed by atoms with Crippen LogP contribution in [0.15, 0.2) is 0 Å². The molecule has 0 spiro atoms. The van der Waals surface area contributed by atoms with Crippen molar-refractivity contribution in [2.24, 2.45) is 0 Å². The molecule has 4 heteroatoms. The SMILES string of the molecule is C[SiH2]OC(C)(N(C)C)N(C)C. The number of rotatable bonds is 4. The Kier molecular flexibility index (Phi) is 4.24. The Balaban J connectivity index is 4.26. The summed E-state index contributed by atoms with van der Waals surface area (Å²) >= 11 is 0. The minimum absolute atomic E-state index is 0.221. The van der Waals surface area contributed by atoms with Gasteiger partial charge in [0.1, 0.15) is 0 Å². The van der Waals surface area contributed by atoms with Gasteiger partial charge in [-0.3, -0.25) is 9.80 Å². The Bertz CT molecular complexity index is 109. The summed E-state index contributed by atoms with van der Waals surface area (Å²) in [5, 5.41) is 0. The Morgan fingerprint density at radius 3 is 1.55 bits per heavy atom. The van der Waals surface area contributed by atoms with Gasteiger partial charge in [0, 0.05) is 0 Å². The van der Waals surface area contributed by atoms with E-state index in [2.05, 4.69) is 23.3 Å². The van der Waals surface area contributed by atoms with Crippen molar-refractivity contribution in [3.8, 4) is 0 Å². The zero-order valence-corrected chi connectivity index (χ0v) is 9.92. The van der Waals surface area contributed by atoms with Crippen molar-refractivity contribution < 1.29 is 4.43 Å². The molecule has 11 heavy (non-hydrogen) atoms. The summed E-state index contributed by atoms with van der Waals surface area (Å²) in [5.74, 6) is -0.221. The molecular weight excluding hydrogens is 156 g/mol. The lowest BCUT2D eigenvalue weighted by Crippen LogP contribution is -2.55. The molecule has 0 heterocycles. The van der Waals surface area contributed by atoms with Gasteiger partial charge in [0.05, 0.1) is 0 Å². The van der Waals surface area contributed by atoms with Gasteiger partial charge >= 0.3 is 0 Å². The van der Waals surface area contributed by atoms with E-state index in [4.69, 9.17) is 4.43 Å². The lowest BCUT2D eigenvalue weighted by atomic mass is 10.4.